The molecule has 0 unspecified atom stereocenters. The molecule has 0 spiro atoms. The summed E-state index contributed by atoms with van der Waals surface area (Å²) in [5.74, 6) is 0.628. The quantitative estimate of drug-likeness (QED) is 0.540. The minimum atomic E-state index is -0.404. The summed E-state index contributed by atoms with van der Waals surface area (Å²) in [7, 11) is 1.66. The topological polar surface area (TPSA) is 65.7 Å². The van der Waals surface area contributed by atoms with Crippen LogP contribution in [0.4, 0.5) is 0 Å². The Labute approximate surface area is 160 Å². The van der Waals surface area contributed by atoms with Crippen LogP contribution in [0.3, 0.4) is 0 Å². The van der Waals surface area contributed by atoms with Crippen LogP contribution in [0.5, 0.6) is 0 Å². The van der Waals surface area contributed by atoms with E-state index in [0.29, 0.717) is 5.82 Å². The molecule has 27 heavy (non-hydrogen) atoms. The van der Waals surface area contributed by atoms with Gasteiger partial charge in [0, 0.05) is 41.7 Å². The van der Waals surface area contributed by atoms with Gasteiger partial charge in [-0.3, -0.25) is 9.97 Å². The van der Waals surface area contributed by atoms with Gasteiger partial charge in [0.1, 0.15) is 5.69 Å². The fourth-order valence-electron chi connectivity index (χ4n) is 3.09. The van der Waals surface area contributed by atoms with Gasteiger partial charge < -0.3 is 4.74 Å². The van der Waals surface area contributed by atoms with Crippen molar-refractivity contribution in [1.82, 2.24) is 24.7 Å². The summed E-state index contributed by atoms with van der Waals surface area (Å²) in [4.78, 5) is 14.5. The van der Waals surface area contributed by atoms with Crippen molar-refractivity contribution in [2.24, 2.45) is 0 Å². The van der Waals surface area contributed by atoms with E-state index in [1.807, 2.05) is 36.5 Å². The Morgan fingerprint density at radius 1 is 1.00 bits per heavy atom. The van der Waals surface area contributed by atoms with Crippen LogP contribution in [0, 0.1) is 0 Å². The number of aromatic nitrogens is 5. The SMILES string of the molecule is CO[C@H]1c2ncc(-c3ccccc3)cc2Sc2nc(-c3cccnc3)nn21. The highest BCUT2D eigenvalue weighted by atomic mass is 32.2. The first-order valence-electron chi connectivity index (χ1n) is 8.46. The molecule has 4 heterocycles. The van der Waals surface area contributed by atoms with E-state index in [1.54, 1.807) is 35.9 Å². The third-order valence-electron chi connectivity index (χ3n) is 4.39. The minimum Gasteiger partial charge on any atom is -0.354 e. The van der Waals surface area contributed by atoms with Gasteiger partial charge in [-0.05, 0) is 35.5 Å². The molecule has 0 fully saturated rings. The van der Waals surface area contributed by atoms with Gasteiger partial charge in [-0.2, -0.15) is 0 Å². The molecular formula is C20H15N5OS. The Morgan fingerprint density at radius 2 is 1.85 bits per heavy atom. The summed E-state index contributed by atoms with van der Waals surface area (Å²) in [5, 5.41) is 5.41. The van der Waals surface area contributed by atoms with E-state index in [2.05, 4.69) is 38.2 Å². The van der Waals surface area contributed by atoms with Gasteiger partial charge in [-0.1, -0.05) is 30.3 Å². The molecule has 1 aromatic carbocycles. The number of pyridine rings is 2. The van der Waals surface area contributed by atoms with Gasteiger partial charge in [0.2, 0.25) is 0 Å². The zero-order chi connectivity index (χ0) is 18.2. The molecule has 0 saturated carbocycles. The molecule has 5 rings (SSSR count). The average Bonchev–Trinajstić information content (AvgIpc) is 3.16. The van der Waals surface area contributed by atoms with Gasteiger partial charge in [0.15, 0.2) is 17.2 Å². The molecular weight excluding hydrogens is 358 g/mol. The second kappa shape index (κ2) is 6.61. The lowest BCUT2D eigenvalue weighted by Gasteiger charge is -2.23. The molecule has 7 heteroatoms. The van der Waals surface area contributed by atoms with Gasteiger partial charge in [0.05, 0.1) is 0 Å². The van der Waals surface area contributed by atoms with Crippen LogP contribution < -0.4 is 0 Å². The maximum atomic E-state index is 5.71. The van der Waals surface area contributed by atoms with Crippen LogP contribution >= 0.6 is 11.8 Å². The van der Waals surface area contributed by atoms with E-state index in [1.165, 1.54) is 0 Å². The summed E-state index contributed by atoms with van der Waals surface area (Å²) < 4.78 is 7.49. The summed E-state index contributed by atoms with van der Waals surface area (Å²) in [6, 6.07) is 16.2. The fourth-order valence-corrected chi connectivity index (χ4v) is 4.09. The Balaban J connectivity index is 1.58. The number of rotatable bonds is 3. The van der Waals surface area contributed by atoms with Crippen molar-refractivity contribution in [3.8, 4) is 22.5 Å². The van der Waals surface area contributed by atoms with E-state index in [0.717, 1.165) is 32.4 Å². The summed E-state index contributed by atoms with van der Waals surface area (Å²) in [5.41, 5.74) is 3.91. The van der Waals surface area contributed by atoms with Crippen LogP contribution in [0.1, 0.15) is 11.9 Å². The highest BCUT2D eigenvalue weighted by Gasteiger charge is 2.30. The smallest absolute Gasteiger partial charge is 0.196 e. The van der Waals surface area contributed by atoms with Crippen molar-refractivity contribution in [2.75, 3.05) is 7.11 Å². The predicted molar refractivity (Wildman–Crippen MR) is 102 cm³/mol. The molecule has 6 nitrogen and oxygen atoms in total. The molecule has 3 aromatic heterocycles. The molecule has 1 aliphatic heterocycles. The van der Waals surface area contributed by atoms with E-state index in [4.69, 9.17) is 4.74 Å². The molecule has 4 aromatic rings. The maximum absolute atomic E-state index is 5.71. The standard InChI is InChI=1S/C20H15N5OS/c1-26-19-17-16(10-15(12-22-17)13-6-3-2-4-7-13)27-20-23-18(24-25(19)20)14-8-5-9-21-11-14/h2-12,19H,1H3/t19-/m0/s1. The molecule has 1 aliphatic rings. The van der Waals surface area contributed by atoms with Crippen molar-refractivity contribution < 1.29 is 4.74 Å². The maximum Gasteiger partial charge on any atom is 0.196 e. The Morgan fingerprint density at radius 3 is 2.63 bits per heavy atom. The highest BCUT2D eigenvalue weighted by Crippen LogP contribution is 2.41. The summed E-state index contributed by atoms with van der Waals surface area (Å²) in [6.07, 6.45) is 4.97. The number of benzene rings is 1. The van der Waals surface area contributed by atoms with Crippen LogP contribution in [0.2, 0.25) is 0 Å². The molecule has 0 aliphatic carbocycles. The molecule has 0 amide bonds. The third-order valence-corrected chi connectivity index (χ3v) is 5.40. The lowest BCUT2D eigenvalue weighted by atomic mass is 10.1. The summed E-state index contributed by atoms with van der Waals surface area (Å²) >= 11 is 1.55. The van der Waals surface area contributed by atoms with Crippen molar-refractivity contribution in [1.29, 1.82) is 0 Å². The molecule has 0 saturated heterocycles. The number of methoxy groups -OCH3 is 1. The lowest BCUT2D eigenvalue weighted by Crippen LogP contribution is -2.20. The molecule has 0 N–H and O–H groups in total. The van der Waals surface area contributed by atoms with Crippen LogP contribution in [-0.2, 0) is 4.74 Å². The lowest BCUT2D eigenvalue weighted by molar-refractivity contribution is 0.0527. The fraction of sp³-hybridized carbons (Fsp3) is 0.100. The monoisotopic (exact) mass is 373 g/mol. The highest BCUT2D eigenvalue weighted by molar-refractivity contribution is 7.99. The van der Waals surface area contributed by atoms with Crippen LogP contribution in [-0.4, -0.2) is 31.8 Å². The summed E-state index contributed by atoms with van der Waals surface area (Å²) in [6.45, 7) is 0. The van der Waals surface area contributed by atoms with Crippen molar-refractivity contribution in [2.45, 2.75) is 16.3 Å². The Hall–Kier alpha value is -3.03. The first-order chi connectivity index (χ1) is 13.3. The second-order valence-corrected chi connectivity index (χ2v) is 7.08. The number of fused-ring (bicyclic) bond motifs is 2. The van der Waals surface area contributed by atoms with Crippen molar-refractivity contribution in [3.05, 3.63) is 72.8 Å². The van der Waals surface area contributed by atoms with Gasteiger partial charge in [0.25, 0.3) is 0 Å². The zero-order valence-corrected chi connectivity index (χ0v) is 15.3. The first kappa shape index (κ1) is 16.2. The molecule has 1 atom stereocenters. The van der Waals surface area contributed by atoms with E-state index in [9.17, 15) is 0 Å². The molecule has 0 bridgehead atoms. The number of nitrogens with zero attached hydrogens (tertiary/aromatic N) is 5. The van der Waals surface area contributed by atoms with Crippen molar-refractivity contribution in [3.63, 3.8) is 0 Å². The average molecular weight is 373 g/mol. The predicted octanol–water partition coefficient (Wildman–Crippen LogP) is 4.06. The van der Waals surface area contributed by atoms with Gasteiger partial charge in [-0.15, -0.1) is 5.10 Å². The largest absolute Gasteiger partial charge is 0.354 e. The number of hydrogen-bond acceptors (Lipinski definition) is 6. The normalized spacial score (nSPS) is 15.2. The number of ether oxygens (including phenoxy) is 1. The molecule has 132 valence electrons. The van der Waals surface area contributed by atoms with Crippen LogP contribution in [0.15, 0.2) is 77.2 Å². The third kappa shape index (κ3) is 2.81. The number of hydrogen-bond donors (Lipinski definition) is 0. The minimum absolute atomic E-state index is 0.404. The molecule has 0 radical (unpaired) electrons. The van der Waals surface area contributed by atoms with E-state index >= 15 is 0 Å². The van der Waals surface area contributed by atoms with Crippen LogP contribution in [0.25, 0.3) is 22.5 Å². The Bertz CT molecular complexity index is 1100. The van der Waals surface area contributed by atoms with Crippen molar-refractivity contribution >= 4 is 11.8 Å². The Kier molecular flexibility index (Phi) is 3.95. The first-order valence-corrected chi connectivity index (χ1v) is 9.28. The van der Waals surface area contributed by atoms with Gasteiger partial charge in [-0.25, -0.2) is 9.67 Å². The zero-order valence-electron chi connectivity index (χ0n) is 14.5. The van der Waals surface area contributed by atoms with E-state index < -0.39 is 6.23 Å². The van der Waals surface area contributed by atoms with E-state index in [-0.39, 0.29) is 0 Å². The second-order valence-electron chi connectivity index (χ2n) is 6.07. The van der Waals surface area contributed by atoms with Gasteiger partial charge >= 0.3 is 0 Å².